The zero-order valence-electron chi connectivity index (χ0n) is 13.5. The first-order chi connectivity index (χ1) is 12.1. The number of hydrogen-bond acceptors (Lipinski definition) is 4. The van der Waals surface area contributed by atoms with Gasteiger partial charge in [-0.25, -0.2) is 22.7 Å². The third-order valence-electron chi connectivity index (χ3n) is 3.87. The van der Waals surface area contributed by atoms with E-state index in [4.69, 9.17) is 5.14 Å². The number of benzene rings is 2. The largest absolute Gasteiger partial charge is 0.324 e. The number of aryl methyl sites for hydroxylation is 1. The predicted molar refractivity (Wildman–Crippen MR) is 92.5 cm³/mol. The molecule has 0 aromatic heterocycles. The molecule has 0 spiro atoms. The van der Waals surface area contributed by atoms with Gasteiger partial charge in [0.15, 0.2) is 0 Å². The molecule has 1 unspecified atom stereocenters. The summed E-state index contributed by atoms with van der Waals surface area (Å²) in [7, 11) is -3.95. The number of hydrogen-bond donors (Lipinski definition) is 4. The van der Waals surface area contributed by atoms with Gasteiger partial charge in [-0.2, -0.15) is 0 Å². The molecular weight excluding hydrogens is 363 g/mol. The molecule has 8 nitrogen and oxygen atoms in total. The summed E-state index contributed by atoms with van der Waals surface area (Å²) >= 11 is 0. The van der Waals surface area contributed by atoms with Crippen molar-refractivity contribution in [3.8, 4) is 0 Å². The van der Waals surface area contributed by atoms with E-state index in [-0.39, 0.29) is 10.6 Å². The van der Waals surface area contributed by atoms with Crippen molar-refractivity contribution in [1.82, 2.24) is 5.32 Å². The first-order valence-corrected chi connectivity index (χ1v) is 9.01. The summed E-state index contributed by atoms with van der Waals surface area (Å²) < 4.78 is 36.5. The van der Waals surface area contributed by atoms with Gasteiger partial charge in [0.05, 0.1) is 4.90 Å². The first kappa shape index (κ1) is 17.8. The van der Waals surface area contributed by atoms with Crippen molar-refractivity contribution >= 4 is 33.3 Å². The van der Waals surface area contributed by atoms with Crippen LogP contribution in [0.4, 0.5) is 20.6 Å². The Hall–Kier alpha value is -2.98. The highest BCUT2D eigenvalue weighted by atomic mass is 32.2. The lowest BCUT2D eigenvalue weighted by molar-refractivity contribution is -0.117. The van der Waals surface area contributed by atoms with Crippen LogP contribution in [-0.2, 0) is 14.8 Å². The van der Waals surface area contributed by atoms with E-state index in [0.717, 1.165) is 6.07 Å². The highest BCUT2D eigenvalue weighted by molar-refractivity contribution is 7.89. The highest BCUT2D eigenvalue weighted by Crippen LogP contribution is 2.31. The predicted octanol–water partition coefficient (Wildman–Crippen LogP) is 1.60. The number of urea groups is 1. The number of rotatable bonds is 3. The molecule has 2 aromatic rings. The number of fused-ring (bicyclic) bond motifs is 1. The standard InChI is InChI=1S/C16H15FN4O4S/c1-8-2-4-10(7-13(8)26(18,24)25)19-16(23)21-14-11-6-9(17)3-5-12(11)20-15(14)22/h2-7,14H,1H3,(H,20,22)(H2,18,24,25)(H2,19,21,23). The zero-order valence-corrected chi connectivity index (χ0v) is 14.4. The van der Waals surface area contributed by atoms with Crippen LogP contribution < -0.4 is 21.1 Å². The number of nitrogens with one attached hydrogen (secondary N) is 3. The third-order valence-corrected chi connectivity index (χ3v) is 4.93. The van der Waals surface area contributed by atoms with E-state index in [1.165, 1.54) is 30.3 Å². The van der Waals surface area contributed by atoms with Crippen LogP contribution in [0, 0.1) is 12.7 Å². The molecule has 0 saturated carbocycles. The van der Waals surface area contributed by atoms with Crippen LogP contribution in [0.2, 0.25) is 0 Å². The van der Waals surface area contributed by atoms with Gasteiger partial charge < -0.3 is 16.0 Å². The Labute approximate surface area is 148 Å². The second-order valence-electron chi connectivity index (χ2n) is 5.78. The van der Waals surface area contributed by atoms with Crippen LogP contribution in [0.3, 0.4) is 0 Å². The highest BCUT2D eigenvalue weighted by Gasteiger charge is 2.32. The van der Waals surface area contributed by atoms with Gasteiger partial charge >= 0.3 is 6.03 Å². The number of carbonyl (C=O) groups excluding carboxylic acids is 2. The Kier molecular flexibility index (Phi) is 4.38. The number of amides is 3. The third kappa shape index (κ3) is 3.51. The molecule has 1 atom stereocenters. The van der Waals surface area contributed by atoms with Gasteiger partial charge in [0.2, 0.25) is 10.0 Å². The molecule has 10 heteroatoms. The molecule has 5 N–H and O–H groups in total. The van der Waals surface area contributed by atoms with E-state index >= 15 is 0 Å². The minimum atomic E-state index is -3.95. The molecule has 0 fully saturated rings. The number of sulfonamides is 1. The molecule has 1 aliphatic heterocycles. The molecule has 0 bridgehead atoms. The Morgan fingerprint density at radius 3 is 2.65 bits per heavy atom. The second kappa shape index (κ2) is 6.39. The molecule has 0 saturated heterocycles. The summed E-state index contributed by atoms with van der Waals surface area (Å²) in [6, 6.07) is 6.13. The summed E-state index contributed by atoms with van der Waals surface area (Å²) in [6.07, 6.45) is 0. The van der Waals surface area contributed by atoms with E-state index in [2.05, 4.69) is 16.0 Å². The van der Waals surface area contributed by atoms with Crippen LogP contribution >= 0.6 is 0 Å². The van der Waals surface area contributed by atoms with Crippen molar-refractivity contribution in [3.63, 3.8) is 0 Å². The van der Waals surface area contributed by atoms with Crippen molar-refractivity contribution in [2.45, 2.75) is 17.9 Å². The molecule has 1 aliphatic rings. The van der Waals surface area contributed by atoms with Crippen LogP contribution in [0.15, 0.2) is 41.3 Å². The molecule has 3 rings (SSSR count). The average Bonchev–Trinajstić information content (AvgIpc) is 2.84. The Bertz CT molecular complexity index is 1020. The van der Waals surface area contributed by atoms with Gasteiger partial charge in [0, 0.05) is 16.9 Å². The van der Waals surface area contributed by atoms with Crippen LogP contribution in [0.25, 0.3) is 0 Å². The molecule has 3 amide bonds. The Morgan fingerprint density at radius 1 is 1.23 bits per heavy atom. The first-order valence-electron chi connectivity index (χ1n) is 7.46. The average molecular weight is 378 g/mol. The summed E-state index contributed by atoms with van der Waals surface area (Å²) in [4.78, 5) is 24.0. The lowest BCUT2D eigenvalue weighted by Crippen LogP contribution is -2.36. The summed E-state index contributed by atoms with van der Waals surface area (Å²) in [5.74, 6) is -1.04. The van der Waals surface area contributed by atoms with Gasteiger partial charge in [-0.05, 0) is 42.8 Å². The minimum absolute atomic E-state index is 0.124. The number of halogens is 1. The monoisotopic (exact) mass is 378 g/mol. The van der Waals surface area contributed by atoms with Crippen molar-refractivity contribution in [1.29, 1.82) is 0 Å². The molecule has 26 heavy (non-hydrogen) atoms. The van der Waals surface area contributed by atoms with Crippen LogP contribution in [0.1, 0.15) is 17.2 Å². The number of nitrogens with two attached hydrogens (primary N) is 1. The lowest BCUT2D eigenvalue weighted by Gasteiger charge is -2.14. The molecule has 136 valence electrons. The van der Waals surface area contributed by atoms with E-state index in [1.54, 1.807) is 6.92 Å². The van der Waals surface area contributed by atoms with Gasteiger partial charge in [-0.1, -0.05) is 6.07 Å². The fourth-order valence-electron chi connectivity index (χ4n) is 2.66. The van der Waals surface area contributed by atoms with Crippen molar-refractivity contribution in [2.75, 3.05) is 10.6 Å². The van der Waals surface area contributed by atoms with E-state index in [9.17, 15) is 22.4 Å². The van der Waals surface area contributed by atoms with Crippen LogP contribution in [-0.4, -0.2) is 20.4 Å². The number of anilines is 2. The molecular formula is C16H15FN4O4S. The van der Waals surface area contributed by atoms with Crippen LogP contribution in [0.5, 0.6) is 0 Å². The maximum absolute atomic E-state index is 13.4. The van der Waals surface area contributed by atoms with Gasteiger partial charge in [-0.15, -0.1) is 0 Å². The second-order valence-corrected chi connectivity index (χ2v) is 7.31. The topological polar surface area (TPSA) is 130 Å². The van der Waals surface area contributed by atoms with Crippen molar-refractivity contribution < 1.29 is 22.4 Å². The van der Waals surface area contributed by atoms with E-state index in [1.807, 2.05) is 0 Å². The molecule has 0 aliphatic carbocycles. The maximum atomic E-state index is 13.4. The zero-order chi connectivity index (χ0) is 19.1. The minimum Gasteiger partial charge on any atom is -0.324 e. The fraction of sp³-hybridized carbons (Fsp3) is 0.125. The van der Waals surface area contributed by atoms with Gasteiger partial charge in [0.1, 0.15) is 11.9 Å². The summed E-state index contributed by atoms with van der Waals surface area (Å²) in [5, 5.41) is 12.5. The molecule has 2 aromatic carbocycles. The van der Waals surface area contributed by atoms with Crippen molar-refractivity contribution in [2.24, 2.45) is 5.14 Å². The quantitative estimate of drug-likeness (QED) is 0.646. The molecule has 0 radical (unpaired) electrons. The SMILES string of the molecule is Cc1ccc(NC(=O)NC2C(=O)Nc3ccc(F)cc32)cc1S(N)(=O)=O. The Morgan fingerprint density at radius 2 is 1.96 bits per heavy atom. The Balaban J connectivity index is 1.79. The summed E-state index contributed by atoms with van der Waals surface area (Å²) in [5.41, 5.74) is 1.32. The number of carbonyl (C=O) groups is 2. The maximum Gasteiger partial charge on any atom is 0.320 e. The molecule has 1 heterocycles. The normalized spacial score (nSPS) is 16.0. The smallest absolute Gasteiger partial charge is 0.320 e. The van der Waals surface area contributed by atoms with E-state index in [0.29, 0.717) is 16.8 Å². The van der Waals surface area contributed by atoms with Gasteiger partial charge in [-0.3, -0.25) is 4.79 Å². The van der Waals surface area contributed by atoms with Gasteiger partial charge in [0.25, 0.3) is 5.91 Å². The van der Waals surface area contributed by atoms with Crippen molar-refractivity contribution in [3.05, 3.63) is 53.3 Å². The number of primary sulfonamides is 1. The summed E-state index contributed by atoms with van der Waals surface area (Å²) in [6.45, 7) is 1.57. The lowest BCUT2D eigenvalue weighted by atomic mass is 10.1. The van der Waals surface area contributed by atoms with E-state index < -0.39 is 33.8 Å². The fourth-order valence-corrected chi connectivity index (χ4v) is 3.47.